The molecule has 0 aliphatic heterocycles. The van der Waals surface area contributed by atoms with E-state index >= 15 is 0 Å². The van der Waals surface area contributed by atoms with Crippen molar-refractivity contribution in [3.05, 3.63) is 40.9 Å². The Morgan fingerprint density at radius 2 is 2.07 bits per heavy atom. The molecule has 3 aromatic rings. The van der Waals surface area contributed by atoms with E-state index in [0.29, 0.717) is 11.1 Å². The number of ether oxygens (including phenoxy) is 1. The molecule has 2 saturated carbocycles. The van der Waals surface area contributed by atoms with Crippen LogP contribution in [0.2, 0.25) is 0 Å². The van der Waals surface area contributed by atoms with Crippen LogP contribution in [0, 0.1) is 17.8 Å². The van der Waals surface area contributed by atoms with Gasteiger partial charge in [0.05, 0.1) is 19.4 Å². The number of benzene rings is 1. The average Bonchev–Trinajstić information content (AvgIpc) is 3.42. The summed E-state index contributed by atoms with van der Waals surface area (Å²) >= 11 is 0. The van der Waals surface area contributed by atoms with Gasteiger partial charge in [-0.05, 0) is 43.2 Å². The van der Waals surface area contributed by atoms with Gasteiger partial charge in [-0.3, -0.25) is 19.0 Å². The number of amides is 1. The van der Waals surface area contributed by atoms with Gasteiger partial charge in [-0.2, -0.15) is 0 Å². The maximum absolute atomic E-state index is 12.8. The van der Waals surface area contributed by atoms with E-state index in [9.17, 15) is 14.4 Å². The number of aromatic nitrogens is 2. The molecular weight excluding hydrogens is 374 g/mol. The second-order valence-electron chi connectivity index (χ2n) is 7.93. The van der Waals surface area contributed by atoms with Gasteiger partial charge in [-0.25, -0.2) is 4.98 Å². The third-order valence-corrected chi connectivity index (χ3v) is 6.38. The number of rotatable bonds is 4. The number of nitrogens with one attached hydrogen (secondary N) is 1. The zero-order valence-corrected chi connectivity index (χ0v) is 16.0. The molecule has 5 rings (SSSR count). The minimum atomic E-state index is -0.404. The number of nitrogens with zero attached hydrogens (tertiary/aromatic N) is 2. The highest BCUT2D eigenvalue weighted by Gasteiger charge is 2.51. The molecule has 1 amide bonds. The van der Waals surface area contributed by atoms with E-state index in [4.69, 9.17) is 9.15 Å². The Balaban J connectivity index is 1.39. The third kappa shape index (κ3) is 2.82. The summed E-state index contributed by atoms with van der Waals surface area (Å²) in [5.41, 5.74) is 0.797. The summed E-state index contributed by atoms with van der Waals surface area (Å²) in [4.78, 5) is 42.0. The van der Waals surface area contributed by atoms with E-state index in [-0.39, 0.29) is 47.8 Å². The van der Waals surface area contributed by atoms with Gasteiger partial charge in [0.2, 0.25) is 11.5 Å². The normalized spacial score (nSPS) is 25.6. The lowest BCUT2D eigenvalue weighted by atomic mass is 9.84. The quantitative estimate of drug-likeness (QED) is 0.676. The fourth-order valence-corrected chi connectivity index (χ4v) is 5.09. The highest BCUT2D eigenvalue weighted by molar-refractivity contribution is 6.01. The maximum atomic E-state index is 12.8. The van der Waals surface area contributed by atoms with Crippen LogP contribution in [-0.4, -0.2) is 34.6 Å². The van der Waals surface area contributed by atoms with Crippen molar-refractivity contribution in [1.29, 1.82) is 0 Å². The summed E-state index contributed by atoms with van der Waals surface area (Å²) in [5.74, 6) is -0.369. The van der Waals surface area contributed by atoms with Crippen LogP contribution in [0.5, 0.6) is 0 Å². The molecule has 2 aliphatic rings. The topological polar surface area (TPSA) is 103 Å². The van der Waals surface area contributed by atoms with Gasteiger partial charge in [0, 0.05) is 11.4 Å². The van der Waals surface area contributed by atoms with E-state index < -0.39 is 5.56 Å². The molecule has 2 fully saturated rings. The minimum absolute atomic E-state index is 0.133. The van der Waals surface area contributed by atoms with E-state index in [1.54, 1.807) is 6.07 Å². The van der Waals surface area contributed by atoms with Crippen molar-refractivity contribution in [1.82, 2.24) is 14.9 Å². The molecule has 0 spiro atoms. The molecular formula is C21H21N3O5. The van der Waals surface area contributed by atoms with Gasteiger partial charge in [0.25, 0.3) is 5.56 Å². The predicted octanol–water partition coefficient (Wildman–Crippen LogP) is 1.85. The van der Waals surface area contributed by atoms with Crippen molar-refractivity contribution in [3.63, 3.8) is 0 Å². The van der Waals surface area contributed by atoms with Crippen molar-refractivity contribution in [2.75, 3.05) is 7.11 Å². The highest BCUT2D eigenvalue weighted by Crippen LogP contribution is 2.48. The Morgan fingerprint density at radius 1 is 1.28 bits per heavy atom. The number of carbonyl (C=O) groups is 2. The van der Waals surface area contributed by atoms with Crippen LogP contribution in [0.4, 0.5) is 0 Å². The van der Waals surface area contributed by atoms with Crippen LogP contribution < -0.4 is 10.9 Å². The van der Waals surface area contributed by atoms with Crippen LogP contribution in [-0.2, 0) is 20.9 Å². The largest absolute Gasteiger partial charge is 0.469 e. The van der Waals surface area contributed by atoms with Gasteiger partial charge in [0.15, 0.2) is 0 Å². The van der Waals surface area contributed by atoms with E-state index in [0.717, 1.165) is 24.6 Å². The number of hydrogen-bond donors (Lipinski definition) is 1. The molecule has 1 N–H and O–H groups in total. The molecule has 0 radical (unpaired) electrons. The van der Waals surface area contributed by atoms with Crippen LogP contribution >= 0.6 is 0 Å². The van der Waals surface area contributed by atoms with Crippen molar-refractivity contribution < 1.29 is 18.7 Å². The third-order valence-electron chi connectivity index (χ3n) is 6.38. The SMILES string of the molecule is COC(=O)[C@@H]1[C@H]2CC[C@@H](C2)[C@H]1NC(=O)Cn1cnc2c(oc3ccccc32)c1=O. The number of para-hydroxylation sites is 1. The van der Waals surface area contributed by atoms with Crippen LogP contribution in [0.1, 0.15) is 19.3 Å². The molecule has 8 heteroatoms. The van der Waals surface area contributed by atoms with Crippen LogP contribution in [0.3, 0.4) is 0 Å². The van der Waals surface area contributed by atoms with Crippen molar-refractivity contribution >= 4 is 33.9 Å². The Hall–Kier alpha value is -3.16. The molecule has 2 heterocycles. The first kappa shape index (κ1) is 17.9. The van der Waals surface area contributed by atoms with E-state index in [1.165, 1.54) is 18.0 Å². The number of fused-ring (bicyclic) bond motifs is 5. The molecule has 8 nitrogen and oxygen atoms in total. The van der Waals surface area contributed by atoms with Crippen LogP contribution in [0.15, 0.2) is 39.8 Å². The summed E-state index contributed by atoms with van der Waals surface area (Å²) in [6, 6.07) is 7.05. The summed E-state index contributed by atoms with van der Waals surface area (Å²) < 4.78 is 11.8. The predicted molar refractivity (Wildman–Crippen MR) is 104 cm³/mol. The Kier molecular flexibility index (Phi) is 4.15. The lowest BCUT2D eigenvalue weighted by molar-refractivity contribution is -0.148. The molecule has 0 saturated heterocycles. The van der Waals surface area contributed by atoms with Crippen molar-refractivity contribution in [2.45, 2.75) is 31.8 Å². The molecule has 2 aliphatic carbocycles. The number of furan rings is 1. The average molecular weight is 395 g/mol. The van der Waals surface area contributed by atoms with E-state index in [2.05, 4.69) is 10.3 Å². The van der Waals surface area contributed by atoms with Gasteiger partial charge < -0.3 is 14.5 Å². The first-order chi connectivity index (χ1) is 14.1. The number of methoxy groups -OCH3 is 1. The fraction of sp³-hybridized carbons (Fsp3) is 0.429. The number of hydrogen-bond acceptors (Lipinski definition) is 6. The zero-order chi connectivity index (χ0) is 20.1. The van der Waals surface area contributed by atoms with Crippen molar-refractivity contribution in [3.8, 4) is 0 Å². The van der Waals surface area contributed by atoms with Crippen molar-refractivity contribution in [2.24, 2.45) is 17.8 Å². The minimum Gasteiger partial charge on any atom is -0.469 e. The van der Waals surface area contributed by atoms with Gasteiger partial charge in [-0.15, -0.1) is 0 Å². The standard InChI is InChI=1S/C21H21N3O5/c1-28-21(27)16-11-6-7-12(8-11)17(16)23-15(25)9-24-10-22-18-13-4-2-3-5-14(13)29-19(18)20(24)26/h2-5,10-12,16-17H,6-9H2,1H3,(H,23,25)/t11-,12-,16+,17+/m0/s1. The summed E-state index contributed by atoms with van der Waals surface area (Å²) in [6.45, 7) is -0.180. The second-order valence-corrected chi connectivity index (χ2v) is 7.93. The Morgan fingerprint density at radius 3 is 2.90 bits per heavy atom. The molecule has 29 heavy (non-hydrogen) atoms. The molecule has 0 unspecified atom stereocenters. The number of esters is 1. The lowest BCUT2D eigenvalue weighted by Crippen LogP contribution is -2.48. The molecule has 150 valence electrons. The van der Waals surface area contributed by atoms with Gasteiger partial charge in [-0.1, -0.05) is 12.1 Å². The summed E-state index contributed by atoms with van der Waals surface area (Å²) in [6.07, 6.45) is 4.28. The van der Waals surface area contributed by atoms with E-state index in [1.807, 2.05) is 18.2 Å². The maximum Gasteiger partial charge on any atom is 0.311 e. The first-order valence-corrected chi connectivity index (χ1v) is 9.80. The zero-order valence-electron chi connectivity index (χ0n) is 16.0. The highest BCUT2D eigenvalue weighted by atomic mass is 16.5. The lowest BCUT2D eigenvalue weighted by Gasteiger charge is -2.29. The van der Waals surface area contributed by atoms with Crippen LogP contribution in [0.25, 0.3) is 22.1 Å². The Bertz CT molecular complexity index is 1180. The monoisotopic (exact) mass is 395 g/mol. The molecule has 2 bridgehead atoms. The Labute approximate surface area is 165 Å². The second kappa shape index (κ2) is 6.72. The molecule has 2 aromatic heterocycles. The summed E-state index contributed by atoms with van der Waals surface area (Å²) in [7, 11) is 1.38. The smallest absolute Gasteiger partial charge is 0.311 e. The van der Waals surface area contributed by atoms with Gasteiger partial charge >= 0.3 is 5.97 Å². The number of carbonyl (C=O) groups excluding carboxylic acids is 2. The fourth-order valence-electron chi connectivity index (χ4n) is 5.09. The molecule has 1 aromatic carbocycles. The summed E-state index contributed by atoms with van der Waals surface area (Å²) in [5, 5.41) is 3.73. The first-order valence-electron chi connectivity index (χ1n) is 9.80. The van der Waals surface area contributed by atoms with Gasteiger partial charge in [0.1, 0.15) is 17.6 Å². The molecule has 4 atom stereocenters.